The van der Waals surface area contributed by atoms with Gasteiger partial charge < -0.3 is 15.0 Å². The molecule has 0 saturated heterocycles. The minimum Gasteiger partial charge on any atom is -0.374 e. The van der Waals surface area contributed by atoms with Crippen molar-refractivity contribution in [1.29, 1.82) is 0 Å². The van der Waals surface area contributed by atoms with E-state index >= 15 is 0 Å². The molecule has 0 aliphatic rings. The summed E-state index contributed by atoms with van der Waals surface area (Å²) in [4.78, 5) is 20.3. The SMILES string of the molecule is CCc1cnc(NC(=O)CC(O)(c2nccn2C)C(F)(F)F)s1. The van der Waals surface area contributed by atoms with Crippen molar-refractivity contribution in [2.24, 2.45) is 7.05 Å². The molecule has 2 heterocycles. The lowest BCUT2D eigenvalue weighted by Gasteiger charge is -2.29. The molecule has 0 saturated carbocycles. The van der Waals surface area contributed by atoms with Crippen molar-refractivity contribution in [3.05, 3.63) is 29.3 Å². The van der Waals surface area contributed by atoms with Gasteiger partial charge in [0.2, 0.25) is 11.5 Å². The van der Waals surface area contributed by atoms with E-state index in [1.165, 1.54) is 30.8 Å². The van der Waals surface area contributed by atoms with Crippen LogP contribution in [0.1, 0.15) is 24.0 Å². The van der Waals surface area contributed by atoms with E-state index in [1.807, 2.05) is 6.92 Å². The van der Waals surface area contributed by atoms with Crippen molar-refractivity contribution in [1.82, 2.24) is 14.5 Å². The molecular formula is C13H15F3N4O2S. The first-order valence-corrected chi connectivity index (χ1v) is 7.50. The van der Waals surface area contributed by atoms with Crippen LogP contribution in [0.25, 0.3) is 0 Å². The van der Waals surface area contributed by atoms with Crippen LogP contribution >= 0.6 is 11.3 Å². The smallest absolute Gasteiger partial charge is 0.374 e. The minimum atomic E-state index is -5.05. The van der Waals surface area contributed by atoms with Crippen molar-refractivity contribution >= 4 is 22.4 Å². The number of carbonyl (C=O) groups excluding carboxylic acids is 1. The number of nitrogens with one attached hydrogen (secondary N) is 1. The summed E-state index contributed by atoms with van der Waals surface area (Å²) < 4.78 is 41.0. The number of aliphatic hydroxyl groups is 1. The van der Waals surface area contributed by atoms with E-state index in [1.54, 1.807) is 0 Å². The third-order valence-electron chi connectivity index (χ3n) is 3.22. The summed E-state index contributed by atoms with van der Waals surface area (Å²) in [5, 5.41) is 12.6. The van der Waals surface area contributed by atoms with E-state index < -0.39 is 29.9 Å². The first kappa shape index (κ1) is 17.4. The second kappa shape index (κ2) is 6.28. The highest BCUT2D eigenvalue weighted by atomic mass is 32.1. The average molecular weight is 348 g/mol. The number of hydrogen-bond donors (Lipinski definition) is 2. The molecule has 1 amide bonds. The molecule has 0 spiro atoms. The van der Waals surface area contributed by atoms with Crippen molar-refractivity contribution in [2.45, 2.75) is 31.5 Å². The zero-order valence-electron chi connectivity index (χ0n) is 12.4. The van der Waals surface area contributed by atoms with Crippen LogP contribution in [0, 0.1) is 0 Å². The normalized spacial score (nSPS) is 14.5. The predicted molar refractivity (Wildman–Crippen MR) is 77.9 cm³/mol. The quantitative estimate of drug-likeness (QED) is 0.868. The molecule has 0 radical (unpaired) electrons. The topological polar surface area (TPSA) is 80.0 Å². The zero-order chi connectivity index (χ0) is 17.3. The van der Waals surface area contributed by atoms with E-state index in [4.69, 9.17) is 0 Å². The number of amides is 1. The molecular weight excluding hydrogens is 333 g/mol. The largest absolute Gasteiger partial charge is 0.425 e. The fourth-order valence-electron chi connectivity index (χ4n) is 1.99. The summed E-state index contributed by atoms with van der Waals surface area (Å²) >= 11 is 1.17. The third kappa shape index (κ3) is 3.53. The summed E-state index contributed by atoms with van der Waals surface area (Å²) in [6, 6.07) is 0. The van der Waals surface area contributed by atoms with Gasteiger partial charge >= 0.3 is 6.18 Å². The van der Waals surface area contributed by atoms with Gasteiger partial charge in [-0.1, -0.05) is 6.92 Å². The van der Waals surface area contributed by atoms with Gasteiger partial charge in [-0.25, -0.2) is 9.97 Å². The first-order chi connectivity index (χ1) is 10.7. The molecule has 2 aromatic heterocycles. The lowest BCUT2D eigenvalue weighted by Crippen LogP contribution is -2.46. The predicted octanol–water partition coefficient (Wildman–Crippen LogP) is 2.22. The molecule has 10 heteroatoms. The summed E-state index contributed by atoms with van der Waals surface area (Å²) in [6.07, 6.45) is -1.64. The van der Waals surface area contributed by atoms with Gasteiger partial charge in [-0.2, -0.15) is 13.2 Å². The summed E-state index contributed by atoms with van der Waals surface area (Å²) in [5.74, 6) is -1.64. The molecule has 0 aromatic carbocycles. The van der Waals surface area contributed by atoms with Crippen molar-refractivity contribution < 1.29 is 23.1 Å². The van der Waals surface area contributed by atoms with Crippen LogP contribution in [0.5, 0.6) is 0 Å². The maximum Gasteiger partial charge on any atom is 0.425 e. The maximum absolute atomic E-state index is 13.3. The molecule has 2 rings (SSSR count). The van der Waals surface area contributed by atoms with Gasteiger partial charge in [0, 0.05) is 30.5 Å². The Bertz CT molecular complexity index is 697. The van der Waals surface area contributed by atoms with Crippen LogP contribution in [-0.4, -0.2) is 31.7 Å². The second-order valence-corrected chi connectivity index (χ2v) is 6.05. The Morgan fingerprint density at radius 1 is 1.43 bits per heavy atom. The number of aryl methyl sites for hydroxylation is 2. The highest BCUT2D eigenvalue weighted by Gasteiger charge is 2.58. The number of hydrogen-bond acceptors (Lipinski definition) is 5. The fourth-order valence-corrected chi connectivity index (χ4v) is 2.76. The summed E-state index contributed by atoms with van der Waals surface area (Å²) in [7, 11) is 1.31. The molecule has 23 heavy (non-hydrogen) atoms. The number of imidazole rings is 1. The van der Waals surface area contributed by atoms with E-state index in [0.29, 0.717) is 6.42 Å². The lowest BCUT2D eigenvalue weighted by molar-refractivity contribution is -0.270. The third-order valence-corrected chi connectivity index (χ3v) is 4.28. The van der Waals surface area contributed by atoms with Crippen molar-refractivity contribution in [3.63, 3.8) is 0 Å². The molecule has 6 nitrogen and oxygen atoms in total. The Labute approximate surface area is 134 Å². The molecule has 1 atom stereocenters. The van der Waals surface area contributed by atoms with Crippen LogP contribution in [0.3, 0.4) is 0 Å². The van der Waals surface area contributed by atoms with Crippen LogP contribution < -0.4 is 5.32 Å². The van der Waals surface area contributed by atoms with Crippen molar-refractivity contribution in [3.8, 4) is 0 Å². The van der Waals surface area contributed by atoms with Crippen LogP contribution in [0.4, 0.5) is 18.3 Å². The Balaban J connectivity index is 2.21. The van der Waals surface area contributed by atoms with Crippen LogP contribution in [0.15, 0.2) is 18.6 Å². The van der Waals surface area contributed by atoms with Crippen LogP contribution in [-0.2, 0) is 23.9 Å². The van der Waals surface area contributed by atoms with Gasteiger partial charge in [0.1, 0.15) is 0 Å². The van der Waals surface area contributed by atoms with E-state index in [9.17, 15) is 23.1 Å². The number of aromatic nitrogens is 3. The number of anilines is 1. The maximum atomic E-state index is 13.3. The molecule has 1 unspecified atom stereocenters. The summed E-state index contributed by atoms with van der Waals surface area (Å²) in [5.41, 5.74) is -3.37. The number of nitrogens with zero attached hydrogens (tertiary/aromatic N) is 3. The second-order valence-electron chi connectivity index (χ2n) is 4.93. The molecule has 126 valence electrons. The van der Waals surface area contributed by atoms with E-state index in [0.717, 1.165) is 15.6 Å². The molecule has 2 aromatic rings. The highest BCUT2D eigenvalue weighted by Crippen LogP contribution is 2.40. The van der Waals surface area contributed by atoms with Gasteiger partial charge in [-0.3, -0.25) is 4.79 Å². The zero-order valence-corrected chi connectivity index (χ0v) is 13.2. The van der Waals surface area contributed by atoms with Gasteiger partial charge in [0.15, 0.2) is 11.0 Å². The Morgan fingerprint density at radius 2 is 2.13 bits per heavy atom. The molecule has 0 bridgehead atoms. The number of alkyl halides is 3. The molecule has 0 fully saturated rings. The number of rotatable bonds is 5. The molecule has 2 N–H and O–H groups in total. The van der Waals surface area contributed by atoms with Gasteiger partial charge in [-0.05, 0) is 6.42 Å². The highest BCUT2D eigenvalue weighted by molar-refractivity contribution is 7.15. The Kier molecular flexibility index (Phi) is 4.76. The van der Waals surface area contributed by atoms with Crippen molar-refractivity contribution in [2.75, 3.05) is 5.32 Å². The fraction of sp³-hybridized carbons (Fsp3) is 0.462. The Morgan fingerprint density at radius 3 is 2.61 bits per heavy atom. The minimum absolute atomic E-state index is 0.191. The van der Waals surface area contributed by atoms with E-state index in [2.05, 4.69) is 15.3 Å². The van der Waals surface area contributed by atoms with Gasteiger partial charge in [-0.15, -0.1) is 11.3 Å². The molecule has 0 aliphatic carbocycles. The monoisotopic (exact) mass is 348 g/mol. The number of halogens is 3. The van der Waals surface area contributed by atoms with Gasteiger partial charge in [0.05, 0.1) is 6.42 Å². The van der Waals surface area contributed by atoms with E-state index in [-0.39, 0.29) is 5.13 Å². The number of carbonyl (C=O) groups is 1. The Hall–Kier alpha value is -1.94. The van der Waals surface area contributed by atoms with Crippen LogP contribution in [0.2, 0.25) is 0 Å². The standard InChI is InChI=1S/C13H15F3N4O2S/c1-3-8-7-18-11(23-8)19-9(21)6-12(22,13(14,15)16)10-17-4-5-20(10)2/h4-5,7,22H,3,6H2,1-2H3,(H,18,19,21). The first-order valence-electron chi connectivity index (χ1n) is 6.69. The average Bonchev–Trinajstić information content (AvgIpc) is 3.06. The number of thiazole rings is 1. The lowest BCUT2D eigenvalue weighted by atomic mass is 9.97. The molecule has 0 aliphatic heterocycles. The van der Waals surface area contributed by atoms with Gasteiger partial charge in [0.25, 0.3) is 0 Å². The summed E-state index contributed by atoms with van der Waals surface area (Å²) in [6.45, 7) is 1.89.